The highest BCUT2D eigenvalue weighted by Gasteiger charge is 2.10. The highest BCUT2D eigenvalue weighted by molar-refractivity contribution is 9.10. The molecule has 4 heteroatoms. The second-order valence-corrected chi connectivity index (χ2v) is 6.32. The van der Waals surface area contributed by atoms with Crippen LogP contribution in [0.3, 0.4) is 0 Å². The van der Waals surface area contributed by atoms with Gasteiger partial charge in [-0.05, 0) is 45.1 Å². The summed E-state index contributed by atoms with van der Waals surface area (Å²) < 4.78 is 2.24. The summed E-state index contributed by atoms with van der Waals surface area (Å²) in [6, 6.07) is 10.3. The first-order chi connectivity index (χ1) is 7.66. The fourth-order valence-electron chi connectivity index (χ4n) is 1.50. The number of hydrogen-bond acceptors (Lipinski definition) is 2. The fraction of sp³-hybridized carbons (Fsp3) is 0.167. The number of hydrogen-bond donors (Lipinski definition) is 1. The molecule has 0 aliphatic rings. The van der Waals surface area contributed by atoms with Gasteiger partial charge < -0.3 is 5.73 Å². The zero-order chi connectivity index (χ0) is 11.5. The topological polar surface area (TPSA) is 26.0 Å². The van der Waals surface area contributed by atoms with Gasteiger partial charge in [-0.3, -0.25) is 0 Å². The second-order valence-electron chi connectivity index (χ2n) is 3.55. The standard InChI is InChI=1S/C12H11Br2NS/c13-9-3-1-8(2-4-9)11(15)7-12-10(14)5-6-16-12/h1-6,11H,7,15H2. The quantitative estimate of drug-likeness (QED) is 0.855. The van der Waals surface area contributed by atoms with Gasteiger partial charge in [-0.2, -0.15) is 0 Å². The molecule has 0 aliphatic heterocycles. The lowest BCUT2D eigenvalue weighted by Crippen LogP contribution is -2.12. The number of halogens is 2. The Bertz CT molecular complexity index is 464. The molecule has 84 valence electrons. The van der Waals surface area contributed by atoms with Crippen molar-refractivity contribution < 1.29 is 0 Å². The van der Waals surface area contributed by atoms with Crippen molar-refractivity contribution in [1.82, 2.24) is 0 Å². The fourth-order valence-corrected chi connectivity index (χ4v) is 3.34. The summed E-state index contributed by atoms with van der Waals surface area (Å²) in [5, 5.41) is 2.08. The molecule has 1 aromatic carbocycles. The molecular formula is C12H11Br2NS. The van der Waals surface area contributed by atoms with Crippen molar-refractivity contribution >= 4 is 43.2 Å². The molecule has 0 saturated heterocycles. The normalized spacial score (nSPS) is 12.7. The summed E-state index contributed by atoms with van der Waals surface area (Å²) in [4.78, 5) is 1.30. The maximum absolute atomic E-state index is 6.18. The molecule has 1 atom stereocenters. The maximum atomic E-state index is 6.18. The van der Waals surface area contributed by atoms with E-state index in [-0.39, 0.29) is 6.04 Å². The van der Waals surface area contributed by atoms with Crippen LogP contribution < -0.4 is 5.73 Å². The Balaban J connectivity index is 2.11. The Morgan fingerprint density at radius 3 is 2.38 bits per heavy atom. The Morgan fingerprint density at radius 1 is 1.12 bits per heavy atom. The molecule has 0 saturated carbocycles. The Morgan fingerprint density at radius 2 is 1.81 bits per heavy atom. The summed E-state index contributed by atoms with van der Waals surface area (Å²) in [6.07, 6.45) is 0.875. The molecular weight excluding hydrogens is 350 g/mol. The molecule has 16 heavy (non-hydrogen) atoms. The third-order valence-corrected chi connectivity index (χ3v) is 4.87. The van der Waals surface area contributed by atoms with E-state index < -0.39 is 0 Å². The summed E-state index contributed by atoms with van der Waals surface area (Å²) >= 11 is 8.69. The van der Waals surface area contributed by atoms with Crippen molar-refractivity contribution in [2.45, 2.75) is 12.5 Å². The summed E-state index contributed by atoms with van der Waals surface area (Å²) in [6.45, 7) is 0. The van der Waals surface area contributed by atoms with Crippen molar-refractivity contribution in [3.05, 3.63) is 55.1 Å². The smallest absolute Gasteiger partial charge is 0.0344 e. The van der Waals surface area contributed by atoms with E-state index >= 15 is 0 Å². The third-order valence-electron chi connectivity index (χ3n) is 2.39. The molecule has 0 radical (unpaired) electrons. The zero-order valence-corrected chi connectivity index (χ0v) is 12.5. The minimum atomic E-state index is 0.0584. The van der Waals surface area contributed by atoms with Crippen molar-refractivity contribution in [3.63, 3.8) is 0 Å². The summed E-state index contributed by atoms with van der Waals surface area (Å²) in [7, 11) is 0. The highest BCUT2D eigenvalue weighted by Crippen LogP contribution is 2.27. The monoisotopic (exact) mass is 359 g/mol. The number of nitrogens with two attached hydrogens (primary N) is 1. The van der Waals surface area contributed by atoms with Crippen LogP contribution in [-0.2, 0) is 6.42 Å². The van der Waals surface area contributed by atoms with Gasteiger partial charge in [0.25, 0.3) is 0 Å². The number of rotatable bonds is 3. The van der Waals surface area contributed by atoms with Crippen LogP contribution >= 0.6 is 43.2 Å². The minimum Gasteiger partial charge on any atom is -0.324 e. The molecule has 0 fully saturated rings. The Kier molecular flexibility index (Phi) is 4.19. The van der Waals surface area contributed by atoms with E-state index in [1.807, 2.05) is 12.1 Å². The molecule has 2 rings (SSSR count). The molecule has 0 amide bonds. The van der Waals surface area contributed by atoms with E-state index in [2.05, 4.69) is 55.4 Å². The van der Waals surface area contributed by atoms with Crippen molar-refractivity contribution in [2.24, 2.45) is 5.73 Å². The van der Waals surface area contributed by atoms with E-state index in [1.54, 1.807) is 11.3 Å². The van der Waals surface area contributed by atoms with Crippen LogP contribution in [0.1, 0.15) is 16.5 Å². The van der Waals surface area contributed by atoms with E-state index in [1.165, 1.54) is 10.4 Å². The van der Waals surface area contributed by atoms with Gasteiger partial charge in [0.1, 0.15) is 0 Å². The molecule has 1 heterocycles. The summed E-state index contributed by atoms with van der Waals surface area (Å²) in [5.41, 5.74) is 7.35. The zero-order valence-electron chi connectivity index (χ0n) is 8.49. The summed E-state index contributed by atoms with van der Waals surface area (Å²) in [5.74, 6) is 0. The van der Waals surface area contributed by atoms with E-state index in [0.29, 0.717) is 0 Å². The SMILES string of the molecule is NC(Cc1sccc1Br)c1ccc(Br)cc1. The number of benzene rings is 1. The molecule has 0 spiro atoms. The van der Waals surface area contributed by atoms with Crippen LogP contribution in [0.25, 0.3) is 0 Å². The highest BCUT2D eigenvalue weighted by atomic mass is 79.9. The average Bonchev–Trinajstić information content (AvgIpc) is 2.65. The minimum absolute atomic E-state index is 0.0584. The number of thiophene rings is 1. The maximum Gasteiger partial charge on any atom is 0.0344 e. The van der Waals surface area contributed by atoms with Crippen LogP contribution in [-0.4, -0.2) is 0 Å². The molecule has 2 aromatic rings. The van der Waals surface area contributed by atoms with Gasteiger partial charge in [0.15, 0.2) is 0 Å². The molecule has 0 aliphatic carbocycles. The molecule has 2 N–H and O–H groups in total. The van der Waals surface area contributed by atoms with Crippen LogP contribution in [0, 0.1) is 0 Å². The predicted octanol–water partition coefficient (Wildman–Crippen LogP) is 4.52. The Labute approximate surface area is 116 Å². The van der Waals surface area contributed by atoms with Crippen LogP contribution in [0.5, 0.6) is 0 Å². The first-order valence-corrected chi connectivity index (χ1v) is 7.36. The third kappa shape index (κ3) is 2.94. The van der Waals surface area contributed by atoms with Crippen molar-refractivity contribution in [3.8, 4) is 0 Å². The molecule has 1 aromatic heterocycles. The van der Waals surface area contributed by atoms with E-state index in [0.717, 1.165) is 15.4 Å². The average molecular weight is 361 g/mol. The lowest BCUT2D eigenvalue weighted by Gasteiger charge is -2.11. The van der Waals surface area contributed by atoms with Gasteiger partial charge in [-0.1, -0.05) is 28.1 Å². The van der Waals surface area contributed by atoms with Gasteiger partial charge in [-0.15, -0.1) is 11.3 Å². The van der Waals surface area contributed by atoms with Gasteiger partial charge in [0.05, 0.1) is 0 Å². The van der Waals surface area contributed by atoms with Gasteiger partial charge >= 0.3 is 0 Å². The lowest BCUT2D eigenvalue weighted by molar-refractivity contribution is 0.728. The Hall–Kier alpha value is -0.160. The first-order valence-electron chi connectivity index (χ1n) is 4.89. The second kappa shape index (κ2) is 5.45. The van der Waals surface area contributed by atoms with Crippen LogP contribution in [0.4, 0.5) is 0 Å². The van der Waals surface area contributed by atoms with E-state index in [9.17, 15) is 0 Å². The molecule has 0 bridgehead atoms. The first kappa shape index (κ1) is 12.3. The lowest BCUT2D eigenvalue weighted by atomic mass is 10.0. The van der Waals surface area contributed by atoms with Crippen LogP contribution in [0.15, 0.2) is 44.7 Å². The largest absolute Gasteiger partial charge is 0.324 e. The van der Waals surface area contributed by atoms with E-state index in [4.69, 9.17) is 5.73 Å². The predicted molar refractivity (Wildman–Crippen MR) is 76.8 cm³/mol. The van der Waals surface area contributed by atoms with Crippen LogP contribution in [0.2, 0.25) is 0 Å². The van der Waals surface area contributed by atoms with Gasteiger partial charge in [0, 0.05) is 26.3 Å². The molecule has 1 nitrogen and oxygen atoms in total. The van der Waals surface area contributed by atoms with Gasteiger partial charge in [0.2, 0.25) is 0 Å². The molecule has 1 unspecified atom stereocenters. The van der Waals surface area contributed by atoms with Gasteiger partial charge in [-0.25, -0.2) is 0 Å². The van der Waals surface area contributed by atoms with Crippen molar-refractivity contribution in [2.75, 3.05) is 0 Å². The van der Waals surface area contributed by atoms with Crippen molar-refractivity contribution in [1.29, 1.82) is 0 Å².